The molecule has 0 bridgehead atoms. The normalized spacial score (nSPS) is 19.5. The van der Waals surface area contributed by atoms with Crippen molar-refractivity contribution in [3.8, 4) is 5.75 Å². The van der Waals surface area contributed by atoms with Crippen molar-refractivity contribution in [2.24, 2.45) is 0 Å². The largest absolute Gasteiger partial charge is 0.508 e. The molecule has 1 fully saturated rings. The van der Waals surface area contributed by atoms with Gasteiger partial charge in [0.05, 0.1) is 0 Å². The molecular formula is C12H16O. The molecule has 0 heterocycles. The van der Waals surface area contributed by atoms with Gasteiger partial charge >= 0.3 is 0 Å². The summed E-state index contributed by atoms with van der Waals surface area (Å²) in [5, 5.41) is 9.40. The number of hydrogen-bond donors (Lipinski definition) is 1. The first-order valence-electron chi connectivity index (χ1n) is 4.92. The van der Waals surface area contributed by atoms with Crippen LogP contribution in [0.15, 0.2) is 18.2 Å². The van der Waals surface area contributed by atoms with Gasteiger partial charge in [-0.05, 0) is 42.4 Å². The van der Waals surface area contributed by atoms with Gasteiger partial charge in [0.25, 0.3) is 0 Å². The van der Waals surface area contributed by atoms with Crippen LogP contribution in [-0.4, -0.2) is 5.11 Å². The highest BCUT2D eigenvalue weighted by Gasteiger charge is 2.33. The fourth-order valence-corrected chi connectivity index (χ4v) is 2.03. The SMILES string of the molecule is Cc1cc(C2(C)CCC2)ccc1O. The Bertz CT molecular complexity index is 324. The number of hydrogen-bond acceptors (Lipinski definition) is 1. The van der Waals surface area contributed by atoms with Crippen molar-refractivity contribution >= 4 is 0 Å². The predicted octanol–water partition coefficient (Wildman–Crippen LogP) is 3.14. The van der Waals surface area contributed by atoms with E-state index < -0.39 is 0 Å². The summed E-state index contributed by atoms with van der Waals surface area (Å²) in [5.74, 6) is 0.409. The minimum atomic E-state index is 0.387. The van der Waals surface area contributed by atoms with Crippen molar-refractivity contribution in [2.75, 3.05) is 0 Å². The third-order valence-corrected chi connectivity index (χ3v) is 3.35. The molecule has 0 unspecified atom stereocenters. The van der Waals surface area contributed by atoms with Crippen LogP contribution in [-0.2, 0) is 5.41 Å². The maximum atomic E-state index is 9.40. The van der Waals surface area contributed by atoms with E-state index in [-0.39, 0.29) is 0 Å². The summed E-state index contributed by atoms with van der Waals surface area (Å²) in [5.41, 5.74) is 2.76. The predicted molar refractivity (Wildman–Crippen MR) is 54.0 cm³/mol. The summed E-state index contributed by atoms with van der Waals surface area (Å²) < 4.78 is 0. The van der Waals surface area contributed by atoms with E-state index in [9.17, 15) is 5.11 Å². The molecule has 1 aliphatic rings. The number of phenolic OH excluding ortho intramolecular Hbond substituents is 1. The van der Waals surface area contributed by atoms with Crippen LogP contribution in [0, 0.1) is 6.92 Å². The zero-order chi connectivity index (χ0) is 9.47. The van der Waals surface area contributed by atoms with Crippen LogP contribution >= 0.6 is 0 Å². The summed E-state index contributed by atoms with van der Waals surface area (Å²) in [7, 11) is 0. The zero-order valence-corrected chi connectivity index (χ0v) is 8.30. The number of aryl methyl sites for hydroxylation is 1. The molecule has 70 valence electrons. The summed E-state index contributed by atoms with van der Waals surface area (Å²) in [6.45, 7) is 4.27. The van der Waals surface area contributed by atoms with Gasteiger partial charge in [0, 0.05) is 0 Å². The van der Waals surface area contributed by atoms with E-state index in [4.69, 9.17) is 0 Å². The fraction of sp³-hybridized carbons (Fsp3) is 0.500. The Hall–Kier alpha value is -0.980. The van der Waals surface area contributed by atoms with Crippen LogP contribution in [0.5, 0.6) is 5.75 Å². The second-order valence-electron chi connectivity index (χ2n) is 4.42. The van der Waals surface area contributed by atoms with Gasteiger partial charge < -0.3 is 5.11 Å². The number of aromatic hydroxyl groups is 1. The average Bonchev–Trinajstić information content (AvgIpc) is 2.06. The van der Waals surface area contributed by atoms with E-state index in [1.165, 1.54) is 24.8 Å². The Labute approximate surface area is 79.4 Å². The zero-order valence-electron chi connectivity index (χ0n) is 8.30. The van der Waals surface area contributed by atoms with E-state index in [1.54, 1.807) is 0 Å². The number of phenols is 1. The Kier molecular flexibility index (Phi) is 1.83. The van der Waals surface area contributed by atoms with Crippen molar-refractivity contribution in [3.63, 3.8) is 0 Å². The van der Waals surface area contributed by atoms with Crippen molar-refractivity contribution in [3.05, 3.63) is 29.3 Å². The van der Waals surface area contributed by atoms with Crippen molar-refractivity contribution in [2.45, 2.75) is 38.5 Å². The highest BCUT2D eigenvalue weighted by atomic mass is 16.3. The van der Waals surface area contributed by atoms with Gasteiger partial charge in [-0.2, -0.15) is 0 Å². The number of benzene rings is 1. The van der Waals surface area contributed by atoms with E-state index >= 15 is 0 Å². The summed E-state index contributed by atoms with van der Waals surface area (Å²) >= 11 is 0. The molecule has 1 saturated carbocycles. The van der Waals surface area contributed by atoms with Gasteiger partial charge in [0.1, 0.15) is 5.75 Å². The van der Waals surface area contributed by atoms with Gasteiger partial charge in [-0.1, -0.05) is 25.5 Å². The standard InChI is InChI=1S/C12H16O/c1-9-8-10(4-5-11(9)13)12(2)6-3-7-12/h4-5,8,13H,3,6-7H2,1-2H3. The van der Waals surface area contributed by atoms with Gasteiger partial charge in [-0.15, -0.1) is 0 Å². The molecule has 0 radical (unpaired) electrons. The van der Waals surface area contributed by atoms with Crippen LogP contribution < -0.4 is 0 Å². The molecule has 0 amide bonds. The molecule has 0 spiro atoms. The first kappa shape index (κ1) is 8.61. The van der Waals surface area contributed by atoms with E-state index in [1.807, 2.05) is 13.0 Å². The van der Waals surface area contributed by atoms with Crippen LogP contribution in [0.25, 0.3) is 0 Å². The molecule has 1 aliphatic carbocycles. The quantitative estimate of drug-likeness (QED) is 0.697. The average molecular weight is 176 g/mol. The lowest BCUT2D eigenvalue weighted by Crippen LogP contribution is -2.30. The highest BCUT2D eigenvalue weighted by molar-refractivity contribution is 5.39. The molecule has 13 heavy (non-hydrogen) atoms. The third-order valence-electron chi connectivity index (χ3n) is 3.35. The second kappa shape index (κ2) is 2.76. The van der Waals surface area contributed by atoms with Gasteiger partial charge in [-0.3, -0.25) is 0 Å². The molecule has 0 aromatic heterocycles. The molecule has 1 aromatic rings. The number of rotatable bonds is 1. The fourth-order valence-electron chi connectivity index (χ4n) is 2.03. The summed E-state index contributed by atoms with van der Waals surface area (Å²) in [6.07, 6.45) is 3.92. The molecular weight excluding hydrogens is 160 g/mol. The van der Waals surface area contributed by atoms with Gasteiger partial charge in [-0.25, -0.2) is 0 Å². The monoisotopic (exact) mass is 176 g/mol. The van der Waals surface area contributed by atoms with Crippen LogP contribution in [0.1, 0.15) is 37.3 Å². The Morgan fingerprint density at radius 1 is 1.31 bits per heavy atom. The maximum Gasteiger partial charge on any atom is 0.118 e. The Morgan fingerprint density at radius 2 is 2.00 bits per heavy atom. The van der Waals surface area contributed by atoms with E-state index in [0.29, 0.717) is 11.2 Å². The van der Waals surface area contributed by atoms with Crippen LogP contribution in [0.3, 0.4) is 0 Å². The first-order chi connectivity index (χ1) is 6.12. The summed E-state index contributed by atoms with van der Waals surface area (Å²) in [4.78, 5) is 0. The van der Waals surface area contributed by atoms with Crippen LogP contribution in [0.2, 0.25) is 0 Å². The maximum absolute atomic E-state index is 9.40. The molecule has 2 rings (SSSR count). The topological polar surface area (TPSA) is 20.2 Å². The second-order valence-corrected chi connectivity index (χ2v) is 4.42. The minimum Gasteiger partial charge on any atom is -0.508 e. The molecule has 1 aromatic carbocycles. The molecule has 1 heteroatoms. The molecule has 0 atom stereocenters. The minimum absolute atomic E-state index is 0.387. The lowest BCUT2D eigenvalue weighted by Gasteiger charge is -2.39. The molecule has 0 saturated heterocycles. The molecule has 0 aliphatic heterocycles. The third kappa shape index (κ3) is 1.32. The van der Waals surface area contributed by atoms with Crippen molar-refractivity contribution < 1.29 is 5.11 Å². The van der Waals surface area contributed by atoms with Gasteiger partial charge in [0.15, 0.2) is 0 Å². The van der Waals surface area contributed by atoms with Crippen LogP contribution in [0.4, 0.5) is 0 Å². The van der Waals surface area contributed by atoms with Crippen molar-refractivity contribution in [1.29, 1.82) is 0 Å². The van der Waals surface area contributed by atoms with Gasteiger partial charge in [0.2, 0.25) is 0 Å². The summed E-state index contributed by atoms with van der Waals surface area (Å²) in [6, 6.07) is 5.99. The highest BCUT2D eigenvalue weighted by Crippen LogP contribution is 2.43. The van der Waals surface area contributed by atoms with E-state index in [0.717, 1.165) is 5.56 Å². The van der Waals surface area contributed by atoms with Crippen molar-refractivity contribution in [1.82, 2.24) is 0 Å². The first-order valence-corrected chi connectivity index (χ1v) is 4.92. The lowest BCUT2D eigenvalue weighted by atomic mass is 9.66. The lowest BCUT2D eigenvalue weighted by molar-refractivity contribution is 0.271. The Balaban J connectivity index is 2.36. The molecule has 1 N–H and O–H groups in total. The smallest absolute Gasteiger partial charge is 0.118 e. The Morgan fingerprint density at radius 3 is 2.46 bits per heavy atom. The van der Waals surface area contributed by atoms with E-state index in [2.05, 4.69) is 19.1 Å². The molecule has 1 nitrogen and oxygen atoms in total.